The molecule has 0 radical (unpaired) electrons. The predicted molar refractivity (Wildman–Crippen MR) is 57.1 cm³/mol. The highest BCUT2D eigenvalue weighted by Crippen LogP contribution is 2.27. The van der Waals surface area contributed by atoms with E-state index >= 15 is 0 Å². The summed E-state index contributed by atoms with van der Waals surface area (Å²) in [6, 6.07) is 5.02. The molecule has 7 heteroatoms. The van der Waals surface area contributed by atoms with Gasteiger partial charge in [0.25, 0.3) is 5.91 Å². The van der Waals surface area contributed by atoms with Crippen molar-refractivity contribution >= 4 is 11.9 Å². The molecule has 0 aliphatic carbocycles. The Kier molecular flexibility index (Phi) is 2.90. The summed E-state index contributed by atoms with van der Waals surface area (Å²) < 4.78 is 28.4. The average molecular weight is 256 g/mol. The standard InChI is InChI=1S/C11H10F2N2O3/c1-11(8(16)14-10(17)15-11)6-3-2-4-7(5-6)18-9(12)13/h2-5,9H,1H3,(H2,14,15,16,17). The first-order valence-corrected chi connectivity index (χ1v) is 5.11. The summed E-state index contributed by atoms with van der Waals surface area (Å²) in [6.07, 6.45) is 0. The lowest BCUT2D eigenvalue weighted by atomic mass is 9.92. The van der Waals surface area contributed by atoms with Crippen LogP contribution >= 0.6 is 0 Å². The van der Waals surface area contributed by atoms with Crippen LogP contribution in [-0.4, -0.2) is 18.5 Å². The number of urea groups is 1. The van der Waals surface area contributed by atoms with Gasteiger partial charge in [-0.15, -0.1) is 0 Å². The lowest BCUT2D eigenvalue weighted by molar-refractivity contribution is -0.123. The quantitative estimate of drug-likeness (QED) is 0.802. The van der Waals surface area contributed by atoms with Crippen LogP contribution in [-0.2, 0) is 10.3 Å². The highest BCUT2D eigenvalue weighted by Gasteiger charge is 2.43. The van der Waals surface area contributed by atoms with Gasteiger partial charge in [0.05, 0.1) is 0 Å². The molecule has 2 N–H and O–H groups in total. The summed E-state index contributed by atoms with van der Waals surface area (Å²) in [5.74, 6) is -0.612. The van der Waals surface area contributed by atoms with E-state index in [1.165, 1.54) is 25.1 Å². The number of carbonyl (C=O) groups excluding carboxylic acids is 2. The van der Waals surface area contributed by atoms with Gasteiger partial charge in [-0.1, -0.05) is 12.1 Å². The normalized spacial score (nSPS) is 22.9. The van der Waals surface area contributed by atoms with Gasteiger partial charge in [-0.25, -0.2) is 4.79 Å². The van der Waals surface area contributed by atoms with Crippen LogP contribution in [0.3, 0.4) is 0 Å². The van der Waals surface area contributed by atoms with Crippen LogP contribution in [0.15, 0.2) is 24.3 Å². The first-order valence-electron chi connectivity index (χ1n) is 5.11. The number of hydrogen-bond donors (Lipinski definition) is 2. The SMILES string of the molecule is CC1(c2cccc(OC(F)F)c2)NC(=O)NC1=O. The second-order valence-electron chi connectivity index (χ2n) is 3.94. The van der Waals surface area contributed by atoms with E-state index in [4.69, 9.17) is 0 Å². The second-order valence-corrected chi connectivity index (χ2v) is 3.94. The fraction of sp³-hybridized carbons (Fsp3) is 0.273. The Hall–Kier alpha value is -2.18. The second kappa shape index (κ2) is 4.25. The number of benzene rings is 1. The third-order valence-corrected chi connectivity index (χ3v) is 2.68. The summed E-state index contributed by atoms with van der Waals surface area (Å²) in [5, 5.41) is 4.52. The molecule has 96 valence electrons. The van der Waals surface area contributed by atoms with E-state index in [-0.39, 0.29) is 5.75 Å². The number of hydrogen-bond acceptors (Lipinski definition) is 3. The number of ether oxygens (including phenoxy) is 1. The minimum atomic E-state index is -2.94. The monoisotopic (exact) mass is 256 g/mol. The highest BCUT2D eigenvalue weighted by atomic mass is 19.3. The van der Waals surface area contributed by atoms with Gasteiger partial charge in [0.1, 0.15) is 11.3 Å². The molecule has 1 unspecified atom stereocenters. The van der Waals surface area contributed by atoms with Crippen LogP contribution in [0, 0.1) is 0 Å². The van der Waals surface area contributed by atoms with E-state index in [1.807, 2.05) is 0 Å². The van der Waals surface area contributed by atoms with Gasteiger partial charge in [-0.05, 0) is 24.6 Å². The Balaban J connectivity index is 2.33. The summed E-state index contributed by atoms with van der Waals surface area (Å²) in [4.78, 5) is 22.8. The van der Waals surface area contributed by atoms with Crippen molar-refractivity contribution < 1.29 is 23.1 Å². The van der Waals surface area contributed by atoms with Crippen LogP contribution in [0.1, 0.15) is 12.5 Å². The van der Waals surface area contributed by atoms with E-state index < -0.39 is 24.1 Å². The molecule has 0 saturated carbocycles. The molecule has 1 aliphatic rings. The molecule has 18 heavy (non-hydrogen) atoms. The molecule has 0 spiro atoms. The molecule has 1 heterocycles. The Morgan fingerprint density at radius 1 is 1.33 bits per heavy atom. The molecule has 1 aromatic rings. The van der Waals surface area contributed by atoms with Crippen molar-refractivity contribution in [2.24, 2.45) is 0 Å². The van der Waals surface area contributed by atoms with Crippen molar-refractivity contribution in [2.45, 2.75) is 19.1 Å². The Morgan fingerprint density at radius 3 is 2.61 bits per heavy atom. The summed E-state index contributed by atoms with van der Waals surface area (Å²) in [5.41, 5.74) is -0.914. The maximum absolute atomic E-state index is 12.1. The molecule has 1 fully saturated rings. The number of amides is 3. The summed E-state index contributed by atoms with van der Waals surface area (Å²) in [6.45, 7) is -1.46. The van der Waals surface area contributed by atoms with Crippen LogP contribution in [0.4, 0.5) is 13.6 Å². The predicted octanol–water partition coefficient (Wildman–Crippen LogP) is 1.34. The topological polar surface area (TPSA) is 67.4 Å². The van der Waals surface area contributed by atoms with Crippen molar-refractivity contribution in [1.29, 1.82) is 0 Å². The lowest BCUT2D eigenvalue weighted by Crippen LogP contribution is -2.40. The maximum atomic E-state index is 12.1. The molecule has 1 saturated heterocycles. The van der Waals surface area contributed by atoms with Gasteiger partial charge >= 0.3 is 12.6 Å². The lowest BCUT2D eigenvalue weighted by Gasteiger charge is -2.21. The molecule has 5 nitrogen and oxygen atoms in total. The van der Waals surface area contributed by atoms with E-state index in [0.717, 1.165) is 0 Å². The van der Waals surface area contributed by atoms with Crippen LogP contribution in [0.5, 0.6) is 5.75 Å². The average Bonchev–Trinajstić information content (AvgIpc) is 2.53. The van der Waals surface area contributed by atoms with Gasteiger partial charge in [-0.2, -0.15) is 8.78 Å². The van der Waals surface area contributed by atoms with Gasteiger partial charge < -0.3 is 10.1 Å². The smallest absolute Gasteiger partial charge is 0.387 e. The van der Waals surface area contributed by atoms with Gasteiger partial charge in [-0.3, -0.25) is 10.1 Å². The van der Waals surface area contributed by atoms with Crippen LogP contribution in [0.2, 0.25) is 0 Å². The minimum Gasteiger partial charge on any atom is -0.435 e. The van der Waals surface area contributed by atoms with E-state index in [1.54, 1.807) is 6.07 Å². The van der Waals surface area contributed by atoms with E-state index in [0.29, 0.717) is 5.56 Å². The van der Waals surface area contributed by atoms with Crippen molar-refractivity contribution in [3.63, 3.8) is 0 Å². The number of rotatable bonds is 3. The van der Waals surface area contributed by atoms with Gasteiger partial charge in [0.2, 0.25) is 0 Å². The van der Waals surface area contributed by atoms with Crippen molar-refractivity contribution in [3.8, 4) is 5.75 Å². The Bertz CT molecular complexity index is 507. The molecular weight excluding hydrogens is 246 g/mol. The Labute approximate surface area is 101 Å². The number of imide groups is 1. The molecule has 0 bridgehead atoms. The first kappa shape index (κ1) is 12.3. The first-order chi connectivity index (χ1) is 8.41. The number of halogens is 2. The Morgan fingerprint density at radius 2 is 2.06 bits per heavy atom. The summed E-state index contributed by atoms with van der Waals surface area (Å²) in [7, 11) is 0. The van der Waals surface area contributed by atoms with Gasteiger partial charge in [0.15, 0.2) is 0 Å². The van der Waals surface area contributed by atoms with E-state index in [9.17, 15) is 18.4 Å². The molecule has 1 aromatic carbocycles. The number of nitrogens with one attached hydrogen (secondary N) is 2. The zero-order valence-electron chi connectivity index (χ0n) is 9.37. The van der Waals surface area contributed by atoms with Crippen LogP contribution in [0.25, 0.3) is 0 Å². The van der Waals surface area contributed by atoms with Crippen LogP contribution < -0.4 is 15.4 Å². The molecular formula is C11H10F2N2O3. The van der Waals surface area contributed by atoms with Gasteiger partial charge in [0, 0.05) is 0 Å². The fourth-order valence-electron chi connectivity index (χ4n) is 1.73. The highest BCUT2D eigenvalue weighted by molar-refractivity contribution is 6.07. The van der Waals surface area contributed by atoms with Crippen molar-refractivity contribution in [3.05, 3.63) is 29.8 Å². The molecule has 2 rings (SSSR count). The number of carbonyl (C=O) groups is 2. The maximum Gasteiger partial charge on any atom is 0.387 e. The largest absolute Gasteiger partial charge is 0.435 e. The fourth-order valence-corrected chi connectivity index (χ4v) is 1.73. The van der Waals surface area contributed by atoms with Crippen molar-refractivity contribution in [1.82, 2.24) is 10.6 Å². The van der Waals surface area contributed by atoms with E-state index in [2.05, 4.69) is 15.4 Å². The number of alkyl halides is 2. The summed E-state index contributed by atoms with van der Waals surface area (Å²) >= 11 is 0. The zero-order valence-corrected chi connectivity index (χ0v) is 9.37. The zero-order chi connectivity index (χ0) is 13.3. The molecule has 0 aromatic heterocycles. The third-order valence-electron chi connectivity index (χ3n) is 2.68. The third kappa shape index (κ3) is 2.11. The molecule has 1 aliphatic heterocycles. The molecule has 1 atom stereocenters. The minimum absolute atomic E-state index is 0.0716. The molecule has 3 amide bonds. The van der Waals surface area contributed by atoms with Crippen molar-refractivity contribution in [2.75, 3.05) is 0 Å².